The molecule has 1 unspecified atom stereocenters. The van der Waals surface area contributed by atoms with E-state index in [0.29, 0.717) is 27.3 Å². The lowest BCUT2D eigenvalue weighted by Gasteiger charge is -2.30. The van der Waals surface area contributed by atoms with Crippen LogP contribution in [0.1, 0.15) is 44.7 Å². The Labute approximate surface area is 235 Å². The van der Waals surface area contributed by atoms with Gasteiger partial charge in [0.2, 0.25) is 21.8 Å². The summed E-state index contributed by atoms with van der Waals surface area (Å²) in [6, 6.07) is 9.34. The minimum atomic E-state index is -3.62. The van der Waals surface area contributed by atoms with Gasteiger partial charge < -0.3 is 10.2 Å². The monoisotopic (exact) mass is 589 g/mol. The Bertz CT molecular complexity index is 1220. The number of nitrogens with one attached hydrogen (secondary N) is 1. The van der Waals surface area contributed by atoms with Crippen molar-refractivity contribution < 1.29 is 18.0 Å². The van der Waals surface area contributed by atoms with Crippen LogP contribution in [-0.2, 0) is 26.2 Å². The number of halogens is 3. The van der Waals surface area contributed by atoms with Crippen molar-refractivity contribution in [3.63, 3.8) is 0 Å². The molecule has 204 valence electrons. The van der Waals surface area contributed by atoms with E-state index in [4.69, 9.17) is 34.8 Å². The molecule has 0 aliphatic heterocycles. The van der Waals surface area contributed by atoms with E-state index in [-0.39, 0.29) is 43.7 Å². The minimum absolute atomic E-state index is 0.0365. The van der Waals surface area contributed by atoms with Crippen LogP contribution in [0.3, 0.4) is 0 Å². The van der Waals surface area contributed by atoms with E-state index < -0.39 is 16.1 Å². The second-order valence-electron chi connectivity index (χ2n) is 9.45. The normalized spacial score (nSPS) is 12.4. The molecule has 0 aliphatic rings. The molecule has 7 nitrogen and oxygen atoms in total. The number of amides is 2. The van der Waals surface area contributed by atoms with Crippen LogP contribution in [0.5, 0.6) is 0 Å². The van der Waals surface area contributed by atoms with E-state index in [2.05, 4.69) is 5.32 Å². The average Bonchev–Trinajstić information content (AvgIpc) is 2.81. The highest BCUT2D eigenvalue weighted by Gasteiger charge is 2.27. The van der Waals surface area contributed by atoms with Gasteiger partial charge in [-0.15, -0.1) is 0 Å². The van der Waals surface area contributed by atoms with Crippen LogP contribution in [0.15, 0.2) is 36.4 Å². The number of hydrogen-bond donors (Lipinski definition) is 1. The van der Waals surface area contributed by atoms with Crippen molar-refractivity contribution in [2.75, 3.05) is 23.7 Å². The van der Waals surface area contributed by atoms with Crippen LogP contribution in [0.25, 0.3) is 0 Å². The topological polar surface area (TPSA) is 86.8 Å². The fourth-order valence-electron chi connectivity index (χ4n) is 3.70. The summed E-state index contributed by atoms with van der Waals surface area (Å²) in [7, 11) is -3.62. The Morgan fingerprint density at radius 1 is 1.00 bits per heavy atom. The van der Waals surface area contributed by atoms with Gasteiger partial charge in [0.05, 0.1) is 22.0 Å². The van der Waals surface area contributed by atoms with Crippen molar-refractivity contribution in [3.8, 4) is 0 Å². The standard InChI is InChI=1S/C26H34Cl3N3O4S/c1-17(2)15-30-26(34)19(4)31(16-20-9-11-22(28)23(29)13-20)25(33)7-6-12-32(37(5,35)36)24-14-21(27)10-8-18(24)3/h8-11,13-14,17,19H,6-7,12,15-16H2,1-5H3,(H,30,34). The van der Waals surface area contributed by atoms with Gasteiger partial charge in [-0.25, -0.2) is 8.42 Å². The quantitative estimate of drug-likeness (QED) is 0.344. The van der Waals surface area contributed by atoms with Gasteiger partial charge in [-0.3, -0.25) is 13.9 Å². The molecule has 0 bridgehead atoms. The molecular weight excluding hydrogens is 557 g/mol. The summed E-state index contributed by atoms with van der Waals surface area (Å²) < 4.78 is 26.3. The van der Waals surface area contributed by atoms with Gasteiger partial charge in [-0.05, 0) is 61.6 Å². The third-order valence-corrected chi connectivity index (χ3v) is 7.93. The van der Waals surface area contributed by atoms with Crippen molar-refractivity contribution in [1.82, 2.24) is 10.2 Å². The van der Waals surface area contributed by atoms with Crippen molar-refractivity contribution >= 4 is 62.3 Å². The lowest BCUT2D eigenvalue weighted by Crippen LogP contribution is -2.48. The maximum Gasteiger partial charge on any atom is 0.242 e. The summed E-state index contributed by atoms with van der Waals surface area (Å²) in [5, 5.41) is 4.03. The van der Waals surface area contributed by atoms with Gasteiger partial charge in [-0.2, -0.15) is 0 Å². The van der Waals surface area contributed by atoms with Crippen molar-refractivity contribution in [2.45, 2.75) is 53.1 Å². The molecule has 1 N–H and O–H groups in total. The maximum absolute atomic E-state index is 13.4. The Kier molecular flexibility index (Phi) is 11.6. The van der Waals surface area contributed by atoms with E-state index in [1.165, 1.54) is 9.21 Å². The molecule has 0 heterocycles. The van der Waals surface area contributed by atoms with Gasteiger partial charge in [0.25, 0.3) is 0 Å². The predicted octanol–water partition coefficient (Wildman–Crippen LogP) is 5.69. The first-order valence-corrected chi connectivity index (χ1v) is 14.9. The first-order chi connectivity index (χ1) is 17.2. The van der Waals surface area contributed by atoms with E-state index in [1.54, 1.807) is 50.2 Å². The van der Waals surface area contributed by atoms with Crippen LogP contribution in [0.2, 0.25) is 15.1 Å². The highest BCUT2D eigenvalue weighted by Crippen LogP contribution is 2.27. The van der Waals surface area contributed by atoms with E-state index in [0.717, 1.165) is 17.4 Å². The van der Waals surface area contributed by atoms with E-state index >= 15 is 0 Å². The fraction of sp³-hybridized carbons (Fsp3) is 0.462. The Balaban J connectivity index is 2.22. The van der Waals surface area contributed by atoms with Gasteiger partial charge in [0.1, 0.15) is 6.04 Å². The Hall–Kier alpha value is -2.00. The SMILES string of the molecule is Cc1ccc(Cl)cc1N(CCCC(=O)N(Cc1ccc(Cl)c(Cl)c1)C(C)C(=O)NCC(C)C)S(C)(=O)=O. The molecule has 0 fully saturated rings. The Morgan fingerprint density at radius 3 is 2.27 bits per heavy atom. The minimum Gasteiger partial charge on any atom is -0.354 e. The van der Waals surface area contributed by atoms with Gasteiger partial charge >= 0.3 is 0 Å². The van der Waals surface area contributed by atoms with Gasteiger partial charge in [0, 0.05) is 31.1 Å². The molecule has 0 saturated heterocycles. The molecule has 0 aromatic heterocycles. The molecule has 2 amide bonds. The number of rotatable bonds is 12. The smallest absolute Gasteiger partial charge is 0.242 e. The molecule has 1 atom stereocenters. The largest absolute Gasteiger partial charge is 0.354 e. The second-order valence-corrected chi connectivity index (χ2v) is 12.6. The van der Waals surface area contributed by atoms with E-state index in [1.807, 2.05) is 13.8 Å². The molecule has 11 heteroatoms. The third-order valence-electron chi connectivity index (χ3n) is 5.78. The molecule has 0 aliphatic carbocycles. The molecule has 2 rings (SSSR count). The summed E-state index contributed by atoms with van der Waals surface area (Å²) in [5.74, 6) is -0.295. The molecule has 2 aromatic rings. The lowest BCUT2D eigenvalue weighted by molar-refractivity contribution is -0.140. The number of benzene rings is 2. The number of sulfonamides is 1. The first-order valence-electron chi connectivity index (χ1n) is 12.0. The second kappa shape index (κ2) is 13.7. The van der Waals surface area contributed by atoms with Crippen molar-refractivity contribution in [2.24, 2.45) is 5.92 Å². The molecule has 0 radical (unpaired) electrons. The number of carbonyl (C=O) groups excluding carboxylic acids is 2. The lowest BCUT2D eigenvalue weighted by atomic mass is 10.1. The molecule has 2 aromatic carbocycles. The summed E-state index contributed by atoms with van der Waals surface area (Å²) in [6.07, 6.45) is 1.40. The summed E-state index contributed by atoms with van der Waals surface area (Å²) in [6.45, 7) is 8.15. The summed E-state index contributed by atoms with van der Waals surface area (Å²) >= 11 is 18.3. The van der Waals surface area contributed by atoms with Crippen molar-refractivity contribution in [1.29, 1.82) is 0 Å². The average molecular weight is 591 g/mol. The number of nitrogens with zero attached hydrogens (tertiary/aromatic N) is 2. The van der Waals surface area contributed by atoms with Crippen LogP contribution in [0.4, 0.5) is 5.69 Å². The zero-order valence-corrected chi connectivity index (χ0v) is 24.8. The number of anilines is 1. The Morgan fingerprint density at radius 2 is 1.68 bits per heavy atom. The molecule has 37 heavy (non-hydrogen) atoms. The van der Waals surface area contributed by atoms with Crippen LogP contribution in [-0.4, -0.2) is 50.5 Å². The fourth-order valence-corrected chi connectivity index (χ4v) is 5.21. The number of hydrogen-bond acceptors (Lipinski definition) is 4. The zero-order valence-electron chi connectivity index (χ0n) is 21.7. The van der Waals surface area contributed by atoms with Gasteiger partial charge in [0.15, 0.2) is 0 Å². The van der Waals surface area contributed by atoms with Crippen LogP contribution >= 0.6 is 34.8 Å². The summed E-state index contributed by atoms with van der Waals surface area (Å²) in [4.78, 5) is 27.7. The molecular formula is C26H34Cl3N3O4S. The van der Waals surface area contributed by atoms with Crippen LogP contribution < -0.4 is 9.62 Å². The molecule has 0 spiro atoms. The highest BCUT2D eigenvalue weighted by molar-refractivity contribution is 7.92. The molecule has 0 saturated carbocycles. The number of carbonyl (C=O) groups is 2. The highest BCUT2D eigenvalue weighted by atomic mass is 35.5. The third kappa shape index (κ3) is 9.36. The number of aryl methyl sites for hydroxylation is 1. The summed E-state index contributed by atoms with van der Waals surface area (Å²) in [5.41, 5.74) is 1.94. The van der Waals surface area contributed by atoms with Gasteiger partial charge in [-0.1, -0.05) is 60.8 Å². The first kappa shape index (κ1) is 31.2. The zero-order chi connectivity index (χ0) is 27.9. The van der Waals surface area contributed by atoms with E-state index in [9.17, 15) is 18.0 Å². The van der Waals surface area contributed by atoms with Crippen molar-refractivity contribution in [3.05, 3.63) is 62.6 Å². The predicted molar refractivity (Wildman–Crippen MR) is 152 cm³/mol. The van der Waals surface area contributed by atoms with Crippen LogP contribution in [0, 0.1) is 12.8 Å². The maximum atomic E-state index is 13.4.